The summed E-state index contributed by atoms with van der Waals surface area (Å²) in [5, 5.41) is 0.985. The first-order valence-corrected chi connectivity index (χ1v) is 9.48. The van der Waals surface area contributed by atoms with Crippen LogP contribution in [0.2, 0.25) is 0 Å². The number of rotatable bonds is 7. The standard InChI is InChI=1S/C24H31NO2/c1-17(2)11-12-21-23(27-16-14-19(5)6)20-9-7-8-10-22(20)25(24(21)26)15-13-18(3)4/h7-11,13-14H,12,15-16H2,1-6H3. The lowest BCUT2D eigenvalue weighted by molar-refractivity contribution is 0.361. The molecule has 27 heavy (non-hydrogen) atoms. The molecule has 3 heteroatoms. The highest BCUT2D eigenvalue weighted by atomic mass is 16.5. The van der Waals surface area contributed by atoms with Crippen LogP contribution < -0.4 is 10.3 Å². The van der Waals surface area contributed by atoms with E-state index in [4.69, 9.17) is 4.74 Å². The van der Waals surface area contributed by atoms with Crippen molar-refractivity contribution in [2.75, 3.05) is 6.61 Å². The van der Waals surface area contributed by atoms with Crippen molar-refractivity contribution >= 4 is 10.9 Å². The predicted octanol–water partition coefficient (Wildman–Crippen LogP) is 5.82. The van der Waals surface area contributed by atoms with Crippen LogP contribution in [0.5, 0.6) is 5.75 Å². The number of nitrogens with zero attached hydrogens (tertiary/aromatic N) is 1. The van der Waals surface area contributed by atoms with Crippen molar-refractivity contribution in [2.45, 2.75) is 54.5 Å². The third kappa shape index (κ3) is 5.46. The third-order valence-corrected chi connectivity index (χ3v) is 4.33. The molecule has 0 radical (unpaired) electrons. The number of hydrogen-bond donors (Lipinski definition) is 0. The molecule has 2 rings (SSSR count). The van der Waals surface area contributed by atoms with Gasteiger partial charge in [0.2, 0.25) is 0 Å². The van der Waals surface area contributed by atoms with Crippen molar-refractivity contribution in [3.63, 3.8) is 0 Å². The summed E-state index contributed by atoms with van der Waals surface area (Å²) in [5.74, 6) is 0.707. The Kier molecular flexibility index (Phi) is 7.23. The van der Waals surface area contributed by atoms with Crippen LogP contribution in [0.15, 0.2) is 64.0 Å². The highest BCUT2D eigenvalue weighted by Gasteiger charge is 2.16. The van der Waals surface area contributed by atoms with E-state index in [-0.39, 0.29) is 5.56 Å². The van der Waals surface area contributed by atoms with Crippen LogP contribution in [0.25, 0.3) is 10.9 Å². The molecule has 0 saturated heterocycles. The fraction of sp³-hybridized carbons (Fsp3) is 0.375. The van der Waals surface area contributed by atoms with E-state index in [1.807, 2.05) is 76.5 Å². The lowest BCUT2D eigenvalue weighted by atomic mass is 10.1. The van der Waals surface area contributed by atoms with Crippen LogP contribution in [0.3, 0.4) is 0 Å². The van der Waals surface area contributed by atoms with Crippen molar-refractivity contribution in [3.05, 3.63) is 75.1 Å². The van der Waals surface area contributed by atoms with Crippen molar-refractivity contribution in [2.24, 2.45) is 0 Å². The highest BCUT2D eigenvalue weighted by Crippen LogP contribution is 2.28. The van der Waals surface area contributed by atoms with Crippen LogP contribution in [-0.4, -0.2) is 11.2 Å². The van der Waals surface area contributed by atoms with Gasteiger partial charge in [-0.05, 0) is 66.2 Å². The first-order valence-electron chi connectivity index (χ1n) is 9.48. The van der Waals surface area contributed by atoms with Crippen molar-refractivity contribution < 1.29 is 4.74 Å². The second-order valence-corrected chi connectivity index (χ2v) is 7.60. The van der Waals surface area contributed by atoms with E-state index in [0.717, 1.165) is 16.5 Å². The average molecular weight is 366 g/mol. The Balaban J connectivity index is 2.72. The summed E-state index contributed by atoms with van der Waals surface area (Å²) in [5.41, 5.74) is 5.24. The van der Waals surface area contributed by atoms with Gasteiger partial charge >= 0.3 is 0 Å². The normalized spacial score (nSPS) is 10.4. The van der Waals surface area contributed by atoms with Crippen LogP contribution >= 0.6 is 0 Å². The van der Waals surface area contributed by atoms with Gasteiger partial charge in [-0.25, -0.2) is 0 Å². The minimum Gasteiger partial charge on any atom is -0.488 e. The van der Waals surface area contributed by atoms with Gasteiger partial charge in [-0.15, -0.1) is 0 Å². The Morgan fingerprint density at radius 3 is 2.19 bits per heavy atom. The second kappa shape index (κ2) is 9.40. The maximum absolute atomic E-state index is 13.3. The molecule has 0 aliphatic heterocycles. The molecule has 3 nitrogen and oxygen atoms in total. The molecule has 0 atom stereocenters. The number of hydrogen-bond acceptors (Lipinski definition) is 2. The zero-order valence-electron chi connectivity index (χ0n) is 17.4. The number of ether oxygens (including phenoxy) is 1. The van der Waals surface area contributed by atoms with E-state index >= 15 is 0 Å². The van der Waals surface area contributed by atoms with E-state index < -0.39 is 0 Å². The van der Waals surface area contributed by atoms with E-state index in [9.17, 15) is 4.79 Å². The number of allylic oxidation sites excluding steroid dienone is 5. The molecule has 0 aliphatic rings. The zero-order valence-corrected chi connectivity index (χ0v) is 17.4. The van der Waals surface area contributed by atoms with Crippen LogP contribution in [0.1, 0.15) is 47.1 Å². The van der Waals surface area contributed by atoms with E-state index in [0.29, 0.717) is 25.3 Å². The number of benzene rings is 1. The smallest absolute Gasteiger partial charge is 0.258 e. The van der Waals surface area contributed by atoms with E-state index in [1.54, 1.807) is 0 Å². The lowest BCUT2D eigenvalue weighted by Gasteiger charge is -2.17. The molecule has 1 aromatic heterocycles. The van der Waals surface area contributed by atoms with Gasteiger partial charge in [-0.1, -0.05) is 41.0 Å². The zero-order chi connectivity index (χ0) is 20.0. The Hall–Kier alpha value is -2.55. The summed E-state index contributed by atoms with van der Waals surface area (Å²) < 4.78 is 7.97. The molecular formula is C24H31NO2. The molecule has 0 unspecified atom stereocenters. The Bertz CT molecular complexity index is 946. The first-order chi connectivity index (χ1) is 12.8. The fourth-order valence-electron chi connectivity index (χ4n) is 2.83. The number of pyridine rings is 1. The first kappa shape index (κ1) is 20.8. The van der Waals surface area contributed by atoms with Gasteiger partial charge in [0.25, 0.3) is 5.56 Å². The Labute approximate surface area is 162 Å². The van der Waals surface area contributed by atoms with Crippen LogP contribution in [-0.2, 0) is 13.0 Å². The van der Waals surface area contributed by atoms with Crippen molar-refractivity contribution in [1.82, 2.24) is 4.57 Å². The van der Waals surface area contributed by atoms with Gasteiger partial charge in [0.05, 0.1) is 11.1 Å². The summed E-state index contributed by atoms with van der Waals surface area (Å²) in [6, 6.07) is 8.00. The molecule has 0 amide bonds. The molecule has 144 valence electrons. The monoisotopic (exact) mass is 365 g/mol. The lowest BCUT2D eigenvalue weighted by Crippen LogP contribution is -2.25. The molecular weight excluding hydrogens is 334 g/mol. The molecule has 0 saturated carbocycles. The number of fused-ring (bicyclic) bond motifs is 1. The minimum absolute atomic E-state index is 0.0240. The maximum atomic E-state index is 13.3. The molecule has 0 bridgehead atoms. The Morgan fingerprint density at radius 1 is 0.926 bits per heavy atom. The highest BCUT2D eigenvalue weighted by molar-refractivity contribution is 5.87. The quantitative estimate of drug-likeness (QED) is 0.579. The number of aromatic nitrogens is 1. The minimum atomic E-state index is 0.0240. The van der Waals surface area contributed by atoms with E-state index in [1.165, 1.54) is 16.7 Å². The van der Waals surface area contributed by atoms with Gasteiger partial charge in [0, 0.05) is 11.9 Å². The summed E-state index contributed by atoms with van der Waals surface area (Å²) in [4.78, 5) is 13.3. The van der Waals surface area contributed by atoms with Gasteiger partial charge in [0.15, 0.2) is 0 Å². The number of para-hydroxylation sites is 1. The summed E-state index contributed by atoms with van der Waals surface area (Å²) in [7, 11) is 0. The van der Waals surface area contributed by atoms with E-state index in [2.05, 4.69) is 12.2 Å². The maximum Gasteiger partial charge on any atom is 0.258 e. The molecule has 2 aromatic rings. The largest absolute Gasteiger partial charge is 0.488 e. The molecule has 1 aromatic carbocycles. The second-order valence-electron chi connectivity index (χ2n) is 7.60. The summed E-state index contributed by atoms with van der Waals surface area (Å²) >= 11 is 0. The van der Waals surface area contributed by atoms with Gasteiger partial charge in [-0.2, -0.15) is 0 Å². The SMILES string of the molecule is CC(C)=CCOc1c(CC=C(C)C)c(=O)n(CC=C(C)C)c2ccccc12. The molecule has 0 fully saturated rings. The molecule has 0 spiro atoms. The van der Waals surface area contributed by atoms with Crippen molar-refractivity contribution in [3.8, 4) is 5.75 Å². The fourth-order valence-corrected chi connectivity index (χ4v) is 2.83. The Morgan fingerprint density at radius 2 is 1.56 bits per heavy atom. The summed E-state index contributed by atoms with van der Waals surface area (Å²) in [6.45, 7) is 13.3. The van der Waals surface area contributed by atoms with Gasteiger partial charge in [0.1, 0.15) is 12.4 Å². The van der Waals surface area contributed by atoms with Gasteiger partial charge < -0.3 is 9.30 Å². The molecule has 1 heterocycles. The van der Waals surface area contributed by atoms with Crippen LogP contribution in [0, 0.1) is 0 Å². The van der Waals surface area contributed by atoms with Crippen LogP contribution in [0.4, 0.5) is 0 Å². The summed E-state index contributed by atoms with van der Waals surface area (Å²) in [6.07, 6.45) is 6.78. The topological polar surface area (TPSA) is 31.2 Å². The van der Waals surface area contributed by atoms with Crippen molar-refractivity contribution in [1.29, 1.82) is 0 Å². The average Bonchev–Trinajstić information content (AvgIpc) is 2.59. The molecule has 0 N–H and O–H groups in total. The predicted molar refractivity (Wildman–Crippen MR) is 116 cm³/mol. The third-order valence-electron chi connectivity index (χ3n) is 4.33. The molecule has 0 aliphatic carbocycles. The van der Waals surface area contributed by atoms with Gasteiger partial charge in [-0.3, -0.25) is 4.79 Å².